The fourth-order valence-electron chi connectivity index (χ4n) is 3.27. The van der Waals surface area contributed by atoms with Crippen LogP contribution in [-0.4, -0.2) is 67.0 Å². The molecule has 1 aromatic rings. The molecule has 0 bridgehead atoms. The van der Waals surface area contributed by atoms with Crippen LogP contribution in [0.15, 0.2) is 18.2 Å². The summed E-state index contributed by atoms with van der Waals surface area (Å²) in [6.07, 6.45) is 1.81. The Bertz CT molecular complexity index is 656. The largest absolute Gasteiger partial charge is 0.482 e. The summed E-state index contributed by atoms with van der Waals surface area (Å²) in [5.41, 5.74) is 0. The molecule has 1 aromatic carbocycles. The van der Waals surface area contributed by atoms with E-state index in [-0.39, 0.29) is 24.5 Å². The maximum absolute atomic E-state index is 12.5. The maximum atomic E-state index is 12.5. The number of nitrogens with one attached hydrogen (secondary N) is 1. The van der Waals surface area contributed by atoms with Gasteiger partial charge in [0.2, 0.25) is 5.91 Å². The van der Waals surface area contributed by atoms with Crippen LogP contribution in [0.2, 0.25) is 10.0 Å². The van der Waals surface area contributed by atoms with E-state index in [1.165, 1.54) is 0 Å². The van der Waals surface area contributed by atoms with Crippen LogP contribution < -0.4 is 10.1 Å². The van der Waals surface area contributed by atoms with E-state index >= 15 is 0 Å². The molecule has 0 aliphatic carbocycles. The van der Waals surface area contributed by atoms with Crippen molar-refractivity contribution >= 4 is 35.0 Å². The predicted octanol–water partition coefficient (Wildman–Crippen LogP) is 1.79. The van der Waals surface area contributed by atoms with Crippen molar-refractivity contribution in [2.75, 3.05) is 39.3 Å². The molecule has 8 heteroatoms. The highest BCUT2D eigenvalue weighted by molar-refractivity contribution is 6.35. The SMILES string of the molecule is O=C(COc1ccc(Cl)cc1Cl)N1CCCC(N2CCNCC2=O)C1. The van der Waals surface area contributed by atoms with Crippen molar-refractivity contribution in [3.8, 4) is 5.75 Å². The van der Waals surface area contributed by atoms with Gasteiger partial charge in [-0.3, -0.25) is 9.59 Å². The summed E-state index contributed by atoms with van der Waals surface area (Å²) in [5.74, 6) is 0.443. The third-order valence-corrected chi connectivity index (χ3v) is 5.09. The molecule has 0 saturated carbocycles. The number of piperidine rings is 1. The normalized spacial score (nSPS) is 21.4. The van der Waals surface area contributed by atoms with Crippen LogP contribution in [0.1, 0.15) is 12.8 Å². The van der Waals surface area contributed by atoms with Gasteiger partial charge in [0.15, 0.2) is 6.61 Å². The topological polar surface area (TPSA) is 61.9 Å². The number of benzene rings is 1. The van der Waals surface area contributed by atoms with Crippen molar-refractivity contribution in [3.63, 3.8) is 0 Å². The Hall–Kier alpha value is -1.50. The molecule has 1 atom stereocenters. The first kappa shape index (κ1) is 18.3. The number of piperazine rings is 1. The van der Waals surface area contributed by atoms with E-state index in [9.17, 15) is 9.59 Å². The van der Waals surface area contributed by atoms with Crippen LogP contribution >= 0.6 is 23.2 Å². The molecule has 3 rings (SSSR count). The average molecular weight is 386 g/mol. The van der Waals surface area contributed by atoms with Crippen LogP contribution in [0.3, 0.4) is 0 Å². The standard InChI is InChI=1S/C17H21Cl2N3O3/c18-12-3-4-15(14(19)8-12)25-11-17(24)21-6-1-2-13(10-21)22-7-5-20-9-16(22)23/h3-4,8,13,20H,1-2,5-7,9-11H2. The number of amides is 2. The lowest BCUT2D eigenvalue weighted by Gasteiger charge is -2.41. The zero-order valence-electron chi connectivity index (χ0n) is 13.8. The summed E-state index contributed by atoms with van der Waals surface area (Å²) < 4.78 is 5.54. The third-order valence-electron chi connectivity index (χ3n) is 4.56. The van der Waals surface area contributed by atoms with E-state index < -0.39 is 0 Å². The first-order valence-corrected chi connectivity index (χ1v) is 9.16. The molecule has 0 radical (unpaired) electrons. The number of carbonyl (C=O) groups excluding carboxylic acids is 2. The lowest BCUT2D eigenvalue weighted by atomic mass is 10.0. The summed E-state index contributed by atoms with van der Waals surface area (Å²) >= 11 is 11.9. The van der Waals surface area contributed by atoms with Crippen LogP contribution in [0.5, 0.6) is 5.75 Å². The Morgan fingerprint density at radius 3 is 2.92 bits per heavy atom. The first-order chi connectivity index (χ1) is 12.0. The van der Waals surface area contributed by atoms with Crippen molar-refractivity contribution in [3.05, 3.63) is 28.2 Å². The highest BCUT2D eigenvalue weighted by Crippen LogP contribution is 2.27. The van der Waals surface area contributed by atoms with Crippen LogP contribution in [0.4, 0.5) is 0 Å². The van der Waals surface area contributed by atoms with E-state index in [4.69, 9.17) is 27.9 Å². The smallest absolute Gasteiger partial charge is 0.260 e. The number of hydrogen-bond donors (Lipinski definition) is 1. The fraction of sp³-hybridized carbons (Fsp3) is 0.529. The number of hydrogen-bond acceptors (Lipinski definition) is 4. The molecule has 2 heterocycles. The fourth-order valence-corrected chi connectivity index (χ4v) is 3.73. The second-order valence-electron chi connectivity index (χ2n) is 6.26. The van der Waals surface area contributed by atoms with Gasteiger partial charge in [-0.25, -0.2) is 0 Å². The van der Waals surface area contributed by atoms with Crippen molar-refractivity contribution in [2.45, 2.75) is 18.9 Å². The highest BCUT2D eigenvalue weighted by Gasteiger charge is 2.31. The summed E-state index contributed by atoms with van der Waals surface area (Å²) in [6.45, 7) is 3.04. The van der Waals surface area contributed by atoms with Gasteiger partial charge in [0, 0.05) is 37.2 Å². The third kappa shape index (κ3) is 4.57. The predicted molar refractivity (Wildman–Crippen MR) is 96.1 cm³/mol. The molecule has 2 aliphatic heterocycles. The number of nitrogens with zero attached hydrogens (tertiary/aromatic N) is 2. The van der Waals surface area contributed by atoms with Crippen molar-refractivity contribution in [1.29, 1.82) is 0 Å². The van der Waals surface area contributed by atoms with Crippen LogP contribution in [0, 0.1) is 0 Å². The Balaban J connectivity index is 1.55. The van der Waals surface area contributed by atoms with Gasteiger partial charge in [0.25, 0.3) is 5.91 Å². The number of carbonyl (C=O) groups is 2. The van der Waals surface area contributed by atoms with Gasteiger partial charge < -0.3 is 19.9 Å². The quantitative estimate of drug-likeness (QED) is 0.857. The molecule has 6 nitrogen and oxygen atoms in total. The maximum Gasteiger partial charge on any atom is 0.260 e. The molecule has 2 amide bonds. The summed E-state index contributed by atoms with van der Waals surface area (Å²) in [4.78, 5) is 28.2. The molecule has 1 N–H and O–H groups in total. The first-order valence-electron chi connectivity index (χ1n) is 8.40. The molecule has 25 heavy (non-hydrogen) atoms. The van der Waals surface area contributed by atoms with Crippen molar-refractivity contribution in [1.82, 2.24) is 15.1 Å². The van der Waals surface area contributed by atoms with E-state index in [2.05, 4.69) is 5.32 Å². The van der Waals surface area contributed by atoms with Gasteiger partial charge in [0.1, 0.15) is 5.75 Å². The minimum absolute atomic E-state index is 0.0798. The summed E-state index contributed by atoms with van der Waals surface area (Å²) in [7, 11) is 0. The van der Waals surface area contributed by atoms with Gasteiger partial charge in [-0.1, -0.05) is 23.2 Å². The van der Waals surface area contributed by atoms with Gasteiger partial charge >= 0.3 is 0 Å². The van der Waals surface area contributed by atoms with Crippen LogP contribution in [-0.2, 0) is 9.59 Å². The minimum Gasteiger partial charge on any atom is -0.482 e. The van der Waals surface area contributed by atoms with Gasteiger partial charge in [-0.05, 0) is 31.0 Å². The Morgan fingerprint density at radius 1 is 1.32 bits per heavy atom. The number of halogens is 2. The number of ether oxygens (including phenoxy) is 1. The second-order valence-corrected chi connectivity index (χ2v) is 7.11. The molecule has 2 saturated heterocycles. The van der Waals surface area contributed by atoms with Crippen molar-refractivity contribution in [2.24, 2.45) is 0 Å². The molecule has 1 unspecified atom stereocenters. The number of likely N-dealkylation sites (tertiary alicyclic amines) is 1. The second kappa shape index (κ2) is 8.25. The van der Waals surface area contributed by atoms with E-state index in [1.807, 2.05) is 4.90 Å². The van der Waals surface area contributed by atoms with Gasteiger partial charge in [-0.15, -0.1) is 0 Å². The van der Waals surface area contributed by atoms with E-state index in [1.54, 1.807) is 23.1 Å². The molecule has 0 aromatic heterocycles. The zero-order chi connectivity index (χ0) is 17.8. The van der Waals surface area contributed by atoms with E-state index in [0.717, 1.165) is 19.4 Å². The van der Waals surface area contributed by atoms with E-state index in [0.29, 0.717) is 42.0 Å². The molecular formula is C17H21Cl2N3O3. The Morgan fingerprint density at radius 2 is 2.16 bits per heavy atom. The summed E-state index contributed by atoms with van der Waals surface area (Å²) in [6, 6.07) is 4.98. The Kier molecular flexibility index (Phi) is 6.04. The monoisotopic (exact) mass is 385 g/mol. The van der Waals surface area contributed by atoms with Gasteiger partial charge in [0.05, 0.1) is 11.6 Å². The van der Waals surface area contributed by atoms with Crippen molar-refractivity contribution < 1.29 is 14.3 Å². The van der Waals surface area contributed by atoms with Gasteiger partial charge in [-0.2, -0.15) is 0 Å². The molecule has 2 fully saturated rings. The Labute approximate surface area is 157 Å². The molecule has 136 valence electrons. The lowest BCUT2D eigenvalue weighted by Crippen LogP contribution is -2.57. The minimum atomic E-state index is -0.0988. The molecule has 2 aliphatic rings. The molecular weight excluding hydrogens is 365 g/mol. The number of rotatable bonds is 4. The highest BCUT2D eigenvalue weighted by atomic mass is 35.5. The lowest BCUT2D eigenvalue weighted by molar-refractivity contribution is -0.141. The molecule has 0 spiro atoms. The summed E-state index contributed by atoms with van der Waals surface area (Å²) in [5, 5.41) is 3.97. The zero-order valence-corrected chi connectivity index (χ0v) is 15.4. The average Bonchev–Trinajstić information content (AvgIpc) is 2.61. The van der Waals surface area contributed by atoms with Crippen LogP contribution in [0.25, 0.3) is 0 Å².